The monoisotopic (exact) mass is 484 g/mol. The molecule has 5 aromatic rings. The molecule has 7 heteroatoms. The summed E-state index contributed by atoms with van der Waals surface area (Å²) in [6.45, 7) is 0.866. The van der Waals surface area contributed by atoms with Crippen LogP contribution >= 0.6 is 12.4 Å². The minimum Gasteiger partial charge on any atom is -0.472 e. The second-order valence-corrected chi connectivity index (χ2v) is 7.93. The molecule has 35 heavy (non-hydrogen) atoms. The van der Waals surface area contributed by atoms with Gasteiger partial charge in [0.15, 0.2) is 0 Å². The van der Waals surface area contributed by atoms with Gasteiger partial charge in [0, 0.05) is 28.9 Å². The molecule has 0 atom stereocenters. The van der Waals surface area contributed by atoms with Gasteiger partial charge in [0.05, 0.1) is 24.4 Å². The third-order valence-electron chi connectivity index (χ3n) is 5.59. The van der Waals surface area contributed by atoms with Gasteiger partial charge in [-0.3, -0.25) is 0 Å². The molecule has 0 unspecified atom stereocenters. The van der Waals surface area contributed by atoms with Crippen molar-refractivity contribution in [1.29, 1.82) is 0 Å². The summed E-state index contributed by atoms with van der Waals surface area (Å²) in [5, 5.41) is 0. The normalized spacial score (nSPS) is 10.5. The Morgan fingerprint density at radius 2 is 1.34 bits per heavy atom. The number of aromatic nitrogens is 2. The van der Waals surface area contributed by atoms with Gasteiger partial charge in [-0.2, -0.15) is 0 Å². The van der Waals surface area contributed by atoms with Gasteiger partial charge in [-0.1, -0.05) is 60.7 Å². The highest BCUT2D eigenvalue weighted by Crippen LogP contribution is 2.32. The molecule has 0 saturated carbocycles. The van der Waals surface area contributed by atoms with Gasteiger partial charge in [0.1, 0.15) is 12.3 Å². The minimum atomic E-state index is 0. The van der Waals surface area contributed by atoms with Crippen LogP contribution in [0.5, 0.6) is 5.88 Å². The van der Waals surface area contributed by atoms with Crippen LogP contribution in [0.15, 0.2) is 102 Å². The molecule has 176 valence electrons. The number of nitrogens with two attached hydrogens (primary N) is 2. The predicted octanol–water partition coefficient (Wildman–Crippen LogP) is 6.11. The average Bonchev–Trinajstić information content (AvgIpc) is 3.44. The van der Waals surface area contributed by atoms with Crippen molar-refractivity contribution < 1.29 is 9.15 Å². The first kappa shape index (κ1) is 24.0. The Hall–Kier alpha value is -4.13. The van der Waals surface area contributed by atoms with Crippen molar-refractivity contribution in [3.8, 4) is 39.5 Å². The zero-order valence-corrected chi connectivity index (χ0v) is 19.7. The van der Waals surface area contributed by atoms with Gasteiger partial charge >= 0.3 is 0 Å². The van der Waals surface area contributed by atoms with Crippen molar-refractivity contribution in [2.45, 2.75) is 13.2 Å². The fourth-order valence-electron chi connectivity index (χ4n) is 3.67. The van der Waals surface area contributed by atoms with E-state index in [4.69, 9.17) is 30.6 Å². The van der Waals surface area contributed by atoms with Crippen LogP contribution in [-0.2, 0) is 13.2 Å². The molecule has 5 rings (SSSR count). The van der Waals surface area contributed by atoms with E-state index in [1.54, 1.807) is 18.7 Å². The first-order valence-electron chi connectivity index (χ1n) is 11.0. The molecule has 0 aliphatic rings. The number of halogens is 1. The summed E-state index contributed by atoms with van der Waals surface area (Å²) < 4.78 is 11.2. The zero-order valence-electron chi connectivity index (χ0n) is 18.9. The van der Waals surface area contributed by atoms with Crippen LogP contribution in [0.4, 0.5) is 5.69 Å². The second kappa shape index (κ2) is 10.9. The summed E-state index contributed by atoms with van der Waals surface area (Å²) in [5.74, 6) is 0.452. The van der Waals surface area contributed by atoms with Crippen molar-refractivity contribution in [2.24, 2.45) is 5.73 Å². The summed E-state index contributed by atoms with van der Waals surface area (Å²) in [6.07, 6.45) is 5.05. The Bertz CT molecular complexity index is 1370. The first-order chi connectivity index (χ1) is 16.7. The summed E-state index contributed by atoms with van der Waals surface area (Å²) in [7, 11) is 0. The molecule has 3 aromatic carbocycles. The first-order valence-corrected chi connectivity index (χ1v) is 11.0. The lowest BCUT2D eigenvalue weighted by molar-refractivity contribution is 0.293. The van der Waals surface area contributed by atoms with E-state index >= 15 is 0 Å². The molecular formula is C28H25ClN4O2. The van der Waals surface area contributed by atoms with Crippen LogP contribution in [0.1, 0.15) is 11.1 Å². The standard InChI is InChI=1S/C28H24N4O2.ClH/c29-15-19-1-5-22(6-2-19)27-28(23-9-7-21(8-10-23)24-13-14-33-18-24)32-26(16-31-27)34-17-20-3-11-25(30)12-4-20;/h1-14,16,18H,15,17,29-30H2;1H. The Kier molecular flexibility index (Phi) is 7.45. The number of hydrogen-bond acceptors (Lipinski definition) is 6. The van der Waals surface area contributed by atoms with Crippen molar-refractivity contribution >= 4 is 18.1 Å². The molecule has 4 N–H and O–H groups in total. The fraction of sp³-hybridized carbons (Fsp3) is 0.0714. The van der Waals surface area contributed by atoms with E-state index in [0.717, 1.165) is 50.5 Å². The summed E-state index contributed by atoms with van der Waals surface area (Å²) >= 11 is 0. The SMILES string of the molecule is Cl.NCc1ccc(-c2ncc(OCc3ccc(N)cc3)nc2-c2ccc(-c3ccoc3)cc2)cc1. The number of nitrogen functional groups attached to an aromatic ring is 1. The predicted molar refractivity (Wildman–Crippen MR) is 141 cm³/mol. The third-order valence-corrected chi connectivity index (χ3v) is 5.59. The lowest BCUT2D eigenvalue weighted by Crippen LogP contribution is -2.01. The Labute approximate surface area is 210 Å². The maximum atomic E-state index is 5.96. The largest absolute Gasteiger partial charge is 0.472 e. The van der Waals surface area contributed by atoms with Crippen LogP contribution in [0, 0.1) is 0 Å². The van der Waals surface area contributed by atoms with E-state index in [9.17, 15) is 0 Å². The van der Waals surface area contributed by atoms with Crippen LogP contribution in [0.2, 0.25) is 0 Å². The second-order valence-electron chi connectivity index (χ2n) is 7.93. The number of ether oxygens (including phenoxy) is 1. The highest BCUT2D eigenvalue weighted by Gasteiger charge is 2.14. The van der Waals surface area contributed by atoms with E-state index in [2.05, 4.69) is 0 Å². The Morgan fingerprint density at radius 3 is 2.00 bits per heavy atom. The minimum absolute atomic E-state index is 0. The van der Waals surface area contributed by atoms with E-state index in [-0.39, 0.29) is 12.4 Å². The number of rotatable bonds is 7. The summed E-state index contributed by atoms with van der Waals surface area (Å²) in [4.78, 5) is 9.56. The van der Waals surface area contributed by atoms with E-state index in [0.29, 0.717) is 19.0 Å². The molecule has 0 spiro atoms. The van der Waals surface area contributed by atoms with Gasteiger partial charge in [-0.25, -0.2) is 9.97 Å². The molecule has 2 heterocycles. The molecule has 0 radical (unpaired) electrons. The van der Waals surface area contributed by atoms with E-state index in [1.165, 1.54) is 0 Å². The number of furan rings is 1. The quantitative estimate of drug-likeness (QED) is 0.270. The molecule has 0 amide bonds. The summed E-state index contributed by atoms with van der Waals surface area (Å²) in [5.41, 5.74) is 19.8. The van der Waals surface area contributed by atoms with Crippen molar-refractivity contribution in [1.82, 2.24) is 9.97 Å². The van der Waals surface area contributed by atoms with Gasteiger partial charge in [-0.05, 0) is 34.9 Å². The Balaban J connectivity index is 0.00000289. The van der Waals surface area contributed by atoms with E-state index < -0.39 is 0 Å². The average molecular weight is 485 g/mol. The van der Waals surface area contributed by atoms with Gasteiger partial charge in [0.2, 0.25) is 5.88 Å². The number of anilines is 1. The van der Waals surface area contributed by atoms with Crippen LogP contribution in [-0.4, -0.2) is 9.97 Å². The lowest BCUT2D eigenvalue weighted by Gasteiger charge is -2.12. The molecule has 6 nitrogen and oxygen atoms in total. The van der Waals surface area contributed by atoms with Crippen molar-refractivity contribution in [2.75, 3.05) is 5.73 Å². The van der Waals surface area contributed by atoms with Gasteiger partial charge in [0.25, 0.3) is 0 Å². The molecule has 0 aliphatic carbocycles. The highest BCUT2D eigenvalue weighted by atomic mass is 35.5. The van der Waals surface area contributed by atoms with Crippen LogP contribution in [0.25, 0.3) is 33.6 Å². The lowest BCUT2D eigenvalue weighted by atomic mass is 10.0. The molecule has 0 bridgehead atoms. The number of hydrogen-bond donors (Lipinski definition) is 2. The third kappa shape index (κ3) is 5.51. The van der Waals surface area contributed by atoms with Gasteiger partial charge < -0.3 is 20.6 Å². The summed E-state index contributed by atoms with van der Waals surface area (Å²) in [6, 6.07) is 25.7. The number of nitrogens with zero attached hydrogens (tertiary/aromatic N) is 2. The fourth-order valence-corrected chi connectivity index (χ4v) is 3.67. The van der Waals surface area contributed by atoms with Crippen LogP contribution < -0.4 is 16.2 Å². The maximum absolute atomic E-state index is 5.96. The van der Waals surface area contributed by atoms with Crippen LogP contribution in [0.3, 0.4) is 0 Å². The molecule has 0 fully saturated rings. The topological polar surface area (TPSA) is 100 Å². The molecule has 0 saturated heterocycles. The smallest absolute Gasteiger partial charge is 0.233 e. The Morgan fingerprint density at radius 1 is 0.714 bits per heavy atom. The number of benzene rings is 3. The zero-order chi connectivity index (χ0) is 23.3. The maximum Gasteiger partial charge on any atom is 0.233 e. The molecular weight excluding hydrogens is 460 g/mol. The van der Waals surface area contributed by atoms with Crippen molar-refractivity contribution in [3.05, 3.63) is 109 Å². The molecule has 0 aliphatic heterocycles. The van der Waals surface area contributed by atoms with Crippen molar-refractivity contribution in [3.63, 3.8) is 0 Å². The van der Waals surface area contributed by atoms with E-state index in [1.807, 2.05) is 78.9 Å². The highest BCUT2D eigenvalue weighted by molar-refractivity contribution is 5.85. The van der Waals surface area contributed by atoms with Gasteiger partial charge in [-0.15, -0.1) is 12.4 Å². The molecule has 2 aromatic heterocycles.